The van der Waals surface area contributed by atoms with Crippen molar-refractivity contribution >= 4 is 11.6 Å². The van der Waals surface area contributed by atoms with Crippen LogP contribution in [0.15, 0.2) is 30.3 Å². The molecule has 2 aromatic carbocycles. The first-order chi connectivity index (χ1) is 14.6. The van der Waals surface area contributed by atoms with Crippen molar-refractivity contribution in [3.8, 4) is 28.7 Å². The van der Waals surface area contributed by atoms with Gasteiger partial charge < -0.3 is 28.8 Å². The van der Waals surface area contributed by atoms with Gasteiger partial charge in [-0.1, -0.05) is 17.7 Å². The number of hydrogen-bond donors (Lipinski definition) is 1. The van der Waals surface area contributed by atoms with Crippen LogP contribution >= 0.6 is 11.6 Å². The van der Waals surface area contributed by atoms with Crippen LogP contribution in [-0.4, -0.2) is 62.7 Å². The van der Waals surface area contributed by atoms with Crippen LogP contribution in [0.3, 0.4) is 0 Å². The summed E-state index contributed by atoms with van der Waals surface area (Å²) in [5, 5.41) is 11.2. The van der Waals surface area contributed by atoms with Gasteiger partial charge in [0.15, 0.2) is 23.0 Å². The first-order valence-corrected chi connectivity index (χ1v) is 10.3. The molecular formula is C22H26ClNO6. The molecule has 0 bridgehead atoms. The van der Waals surface area contributed by atoms with E-state index in [1.165, 1.54) is 0 Å². The van der Waals surface area contributed by atoms with Crippen LogP contribution in [0, 0.1) is 0 Å². The normalized spacial score (nSPS) is 21.2. The van der Waals surface area contributed by atoms with E-state index in [4.69, 9.17) is 35.3 Å². The number of para-hydroxylation sites is 1. The number of β-amino-alcohol motifs (C(OH)–C–C–N with tert-alkyl or cyclic N) is 1. The summed E-state index contributed by atoms with van der Waals surface area (Å²) < 4.78 is 28.1. The zero-order valence-electron chi connectivity index (χ0n) is 17.1. The van der Waals surface area contributed by atoms with Gasteiger partial charge in [0, 0.05) is 19.6 Å². The van der Waals surface area contributed by atoms with Crippen molar-refractivity contribution in [1.29, 1.82) is 0 Å². The van der Waals surface area contributed by atoms with Crippen molar-refractivity contribution in [1.82, 2.24) is 4.90 Å². The van der Waals surface area contributed by atoms with Crippen molar-refractivity contribution in [3.63, 3.8) is 0 Å². The molecule has 0 spiro atoms. The predicted molar refractivity (Wildman–Crippen MR) is 112 cm³/mol. The SMILES string of the molecule is COc1cc(CN2CC[C@@H](Oc3cccc4c3OCCO4)[C@H](O)C2)cc(Cl)c1OC. The third kappa shape index (κ3) is 4.38. The van der Waals surface area contributed by atoms with Gasteiger partial charge in [-0.25, -0.2) is 0 Å². The molecule has 4 rings (SSSR count). The summed E-state index contributed by atoms with van der Waals surface area (Å²) in [6, 6.07) is 9.34. The number of aliphatic hydroxyl groups excluding tert-OH is 1. The summed E-state index contributed by atoms with van der Waals surface area (Å²) in [5.74, 6) is 3.01. The van der Waals surface area contributed by atoms with Gasteiger partial charge in [0.25, 0.3) is 0 Å². The maximum Gasteiger partial charge on any atom is 0.203 e. The average molecular weight is 436 g/mol. The van der Waals surface area contributed by atoms with Crippen molar-refractivity contribution in [3.05, 3.63) is 40.9 Å². The highest BCUT2D eigenvalue weighted by molar-refractivity contribution is 6.32. The Bertz CT molecular complexity index is 892. The van der Waals surface area contributed by atoms with Gasteiger partial charge in [0.05, 0.1) is 19.2 Å². The van der Waals surface area contributed by atoms with Crippen LogP contribution in [0.5, 0.6) is 28.7 Å². The van der Waals surface area contributed by atoms with Gasteiger partial charge in [-0.3, -0.25) is 4.90 Å². The molecule has 162 valence electrons. The molecule has 8 heteroatoms. The number of piperidine rings is 1. The van der Waals surface area contributed by atoms with Crippen molar-refractivity contribution in [2.45, 2.75) is 25.2 Å². The van der Waals surface area contributed by atoms with Gasteiger partial charge in [0.2, 0.25) is 5.75 Å². The molecule has 0 aromatic heterocycles. The number of methoxy groups -OCH3 is 2. The summed E-state index contributed by atoms with van der Waals surface area (Å²) in [7, 11) is 3.15. The van der Waals surface area contributed by atoms with Gasteiger partial charge >= 0.3 is 0 Å². The molecule has 30 heavy (non-hydrogen) atoms. The molecule has 1 saturated heterocycles. The van der Waals surface area contributed by atoms with E-state index in [0.29, 0.717) is 66.5 Å². The van der Waals surface area contributed by atoms with E-state index in [-0.39, 0.29) is 6.10 Å². The monoisotopic (exact) mass is 435 g/mol. The quantitative estimate of drug-likeness (QED) is 0.747. The molecule has 0 aliphatic carbocycles. The van der Waals surface area contributed by atoms with Gasteiger partial charge in [-0.15, -0.1) is 0 Å². The highest BCUT2D eigenvalue weighted by atomic mass is 35.5. The molecule has 1 fully saturated rings. The highest BCUT2D eigenvalue weighted by Gasteiger charge is 2.31. The molecule has 0 amide bonds. The van der Waals surface area contributed by atoms with Gasteiger partial charge in [-0.2, -0.15) is 0 Å². The van der Waals surface area contributed by atoms with E-state index in [0.717, 1.165) is 12.1 Å². The Hall–Kier alpha value is -2.35. The molecule has 0 unspecified atom stereocenters. The second-order valence-corrected chi connectivity index (χ2v) is 7.75. The zero-order valence-corrected chi connectivity index (χ0v) is 17.9. The van der Waals surface area contributed by atoms with E-state index in [9.17, 15) is 5.11 Å². The molecule has 2 heterocycles. The fourth-order valence-electron chi connectivity index (χ4n) is 3.88. The van der Waals surface area contributed by atoms with Crippen LogP contribution in [0.4, 0.5) is 0 Å². The van der Waals surface area contributed by atoms with E-state index >= 15 is 0 Å². The third-order valence-electron chi connectivity index (χ3n) is 5.31. The second-order valence-electron chi connectivity index (χ2n) is 7.34. The van der Waals surface area contributed by atoms with E-state index in [2.05, 4.69) is 4.90 Å². The summed E-state index contributed by atoms with van der Waals surface area (Å²) in [6.45, 7) is 2.92. The number of benzene rings is 2. The first kappa shape index (κ1) is 20.9. The van der Waals surface area contributed by atoms with Crippen LogP contribution in [0.1, 0.15) is 12.0 Å². The number of ether oxygens (including phenoxy) is 5. The Kier molecular flexibility index (Phi) is 6.41. The lowest BCUT2D eigenvalue weighted by atomic mass is 10.0. The van der Waals surface area contributed by atoms with Crippen LogP contribution < -0.4 is 23.7 Å². The Labute approximate surface area is 181 Å². The fourth-order valence-corrected chi connectivity index (χ4v) is 4.19. The number of rotatable bonds is 6. The van der Waals surface area contributed by atoms with Crippen molar-refractivity contribution < 1.29 is 28.8 Å². The lowest BCUT2D eigenvalue weighted by Crippen LogP contribution is -2.48. The topological polar surface area (TPSA) is 69.6 Å². The Balaban J connectivity index is 1.40. The molecule has 2 aliphatic rings. The predicted octanol–water partition coefficient (Wildman–Crippen LogP) is 3.14. The van der Waals surface area contributed by atoms with Crippen LogP contribution in [0.25, 0.3) is 0 Å². The number of aliphatic hydroxyl groups is 1. The third-order valence-corrected chi connectivity index (χ3v) is 5.59. The lowest BCUT2D eigenvalue weighted by molar-refractivity contribution is -0.0290. The summed E-state index contributed by atoms with van der Waals surface area (Å²) in [4.78, 5) is 2.17. The average Bonchev–Trinajstić information content (AvgIpc) is 2.75. The molecule has 2 aliphatic heterocycles. The maximum absolute atomic E-state index is 10.7. The standard InChI is InChI=1S/C22H26ClNO6/c1-26-20-11-14(10-15(23)21(20)27-2)12-24-7-6-17(16(25)13-24)30-19-5-3-4-18-22(19)29-9-8-28-18/h3-5,10-11,16-17,25H,6-9,12-13H2,1-2H3/t16-,17-/m1/s1. The molecular weight excluding hydrogens is 410 g/mol. The first-order valence-electron chi connectivity index (χ1n) is 9.95. The smallest absolute Gasteiger partial charge is 0.203 e. The Morgan fingerprint density at radius 2 is 1.97 bits per heavy atom. The number of likely N-dealkylation sites (tertiary alicyclic amines) is 1. The van der Waals surface area contributed by atoms with Gasteiger partial charge in [-0.05, 0) is 36.2 Å². The van der Waals surface area contributed by atoms with E-state index in [1.54, 1.807) is 14.2 Å². The summed E-state index contributed by atoms with van der Waals surface area (Å²) >= 11 is 6.32. The molecule has 2 aromatic rings. The number of hydrogen-bond acceptors (Lipinski definition) is 7. The Morgan fingerprint density at radius 3 is 2.73 bits per heavy atom. The summed E-state index contributed by atoms with van der Waals surface area (Å²) in [5.41, 5.74) is 0.992. The minimum atomic E-state index is -0.630. The highest BCUT2D eigenvalue weighted by Crippen LogP contribution is 2.40. The number of halogens is 1. The zero-order chi connectivity index (χ0) is 21.1. The van der Waals surface area contributed by atoms with Crippen molar-refractivity contribution in [2.24, 2.45) is 0 Å². The second kappa shape index (κ2) is 9.20. The molecule has 0 radical (unpaired) electrons. The van der Waals surface area contributed by atoms with E-state index < -0.39 is 6.10 Å². The van der Waals surface area contributed by atoms with Crippen molar-refractivity contribution in [2.75, 3.05) is 40.5 Å². The fraction of sp³-hybridized carbons (Fsp3) is 0.455. The van der Waals surface area contributed by atoms with Crippen LogP contribution in [0.2, 0.25) is 5.02 Å². The lowest BCUT2D eigenvalue weighted by Gasteiger charge is -2.36. The molecule has 7 nitrogen and oxygen atoms in total. The number of nitrogens with zero attached hydrogens (tertiary/aromatic N) is 1. The van der Waals surface area contributed by atoms with E-state index in [1.807, 2.05) is 30.3 Å². The maximum atomic E-state index is 10.7. The van der Waals surface area contributed by atoms with Gasteiger partial charge in [0.1, 0.15) is 25.4 Å². The number of fused-ring (bicyclic) bond motifs is 1. The Morgan fingerprint density at radius 1 is 1.13 bits per heavy atom. The molecule has 0 saturated carbocycles. The summed E-state index contributed by atoms with van der Waals surface area (Å²) in [6.07, 6.45) is -0.255. The minimum absolute atomic E-state index is 0.313. The minimum Gasteiger partial charge on any atom is -0.493 e. The molecule has 1 N–H and O–H groups in total. The molecule has 2 atom stereocenters. The van der Waals surface area contributed by atoms with Crippen LogP contribution in [-0.2, 0) is 6.54 Å². The largest absolute Gasteiger partial charge is 0.493 e.